The Hall–Kier alpha value is -1.51. The quantitative estimate of drug-likeness (QED) is 0.700. The summed E-state index contributed by atoms with van der Waals surface area (Å²) in [5.41, 5.74) is 8.22. The molecule has 0 radical (unpaired) electrons. The molecule has 0 bridgehead atoms. The number of nitrogens with zero attached hydrogens (tertiary/aromatic N) is 1. The van der Waals surface area contributed by atoms with Crippen molar-refractivity contribution >= 4 is 5.96 Å². The zero-order valence-corrected chi connectivity index (χ0v) is 8.33. The first kappa shape index (κ1) is 9.06. The number of rotatable bonds is 1. The van der Waals surface area contributed by atoms with Crippen molar-refractivity contribution in [3.63, 3.8) is 0 Å². The number of nitrogens with one attached hydrogen (secondary N) is 1. The molecule has 0 saturated heterocycles. The van der Waals surface area contributed by atoms with Gasteiger partial charge in [0, 0.05) is 6.54 Å². The maximum Gasteiger partial charge on any atom is 0.189 e. The van der Waals surface area contributed by atoms with Crippen LogP contribution in [0, 0.1) is 6.92 Å². The van der Waals surface area contributed by atoms with E-state index in [2.05, 4.69) is 41.5 Å². The molecule has 0 aromatic heterocycles. The standard InChI is InChI=1S/C11H15N3/c1-8-3-2-4-9(7-8)10-5-6-13-11(12)14-10/h2-4,7,10H,5-6H2,1H3,(H3,12,13,14). The highest BCUT2D eigenvalue weighted by Crippen LogP contribution is 2.19. The third-order valence-corrected chi connectivity index (χ3v) is 2.47. The van der Waals surface area contributed by atoms with Crippen LogP contribution in [0.1, 0.15) is 23.6 Å². The summed E-state index contributed by atoms with van der Waals surface area (Å²) in [4.78, 5) is 4.11. The van der Waals surface area contributed by atoms with Crippen LogP contribution in [0.5, 0.6) is 0 Å². The minimum absolute atomic E-state index is 0.326. The van der Waals surface area contributed by atoms with E-state index in [1.54, 1.807) is 0 Å². The number of aryl methyl sites for hydroxylation is 1. The minimum atomic E-state index is 0.326. The van der Waals surface area contributed by atoms with E-state index in [0.29, 0.717) is 12.0 Å². The smallest absolute Gasteiger partial charge is 0.189 e. The summed E-state index contributed by atoms with van der Waals surface area (Å²) in [6.45, 7) is 2.92. The fourth-order valence-electron chi connectivity index (χ4n) is 1.75. The zero-order chi connectivity index (χ0) is 9.97. The zero-order valence-electron chi connectivity index (χ0n) is 8.33. The SMILES string of the molecule is Cc1cccc(C2CCN=C(N)N2)c1. The Labute approximate surface area is 84.0 Å². The van der Waals surface area contributed by atoms with Crippen molar-refractivity contribution in [1.82, 2.24) is 5.32 Å². The van der Waals surface area contributed by atoms with Gasteiger partial charge >= 0.3 is 0 Å². The lowest BCUT2D eigenvalue weighted by Gasteiger charge is -2.23. The number of guanidine groups is 1. The monoisotopic (exact) mass is 189 g/mol. The Kier molecular flexibility index (Phi) is 2.39. The molecule has 14 heavy (non-hydrogen) atoms. The Balaban J connectivity index is 2.19. The van der Waals surface area contributed by atoms with Crippen molar-refractivity contribution in [2.45, 2.75) is 19.4 Å². The molecule has 0 saturated carbocycles. The second-order valence-corrected chi connectivity index (χ2v) is 3.67. The number of hydrogen-bond acceptors (Lipinski definition) is 3. The first-order valence-corrected chi connectivity index (χ1v) is 4.89. The second-order valence-electron chi connectivity index (χ2n) is 3.67. The Morgan fingerprint density at radius 2 is 2.36 bits per heavy atom. The fourth-order valence-corrected chi connectivity index (χ4v) is 1.75. The number of benzene rings is 1. The van der Waals surface area contributed by atoms with Crippen LogP contribution in [0.3, 0.4) is 0 Å². The van der Waals surface area contributed by atoms with Crippen LogP contribution in [-0.4, -0.2) is 12.5 Å². The number of hydrogen-bond donors (Lipinski definition) is 2. The van der Waals surface area contributed by atoms with Gasteiger partial charge in [-0.2, -0.15) is 0 Å². The molecular formula is C11H15N3. The first-order chi connectivity index (χ1) is 6.75. The molecule has 1 atom stereocenters. The van der Waals surface area contributed by atoms with Gasteiger partial charge in [0.1, 0.15) is 0 Å². The van der Waals surface area contributed by atoms with Gasteiger partial charge < -0.3 is 11.1 Å². The molecule has 0 fully saturated rings. The molecule has 1 unspecified atom stereocenters. The third-order valence-electron chi connectivity index (χ3n) is 2.47. The number of nitrogens with two attached hydrogens (primary N) is 1. The average Bonchev–Trinajstić information content (AvgIpc) is 2.18. The van der Waals surface area contributed by atoms with Gasteiger partial charge in [0.05, 0.1) is 6.04 Å². The molecule has 1 aromatic rings. The number of aliphatic imine (C=N–C) groups is 1. The molecule has 3 heteroatoms. The van der Waals surface area contributed by atoms with E-state index in [1.165, 1.54) is 11.1 Å². The highest BCUT2D eigenvalue weighted by Gasteiger charge is 2.15. The highest BCUT2D eigenvalue weighted by molar-refractivity contribution is 5.78. The summed E-state index contributed by atoms with van der Waals surface area (Å²) >= 11 is 0. The topological polar surface area (TPSA) is 50.4 Å². The molecule has 2 rings (SSSR count). The summed E-state index contributed by atoms with van der Waals surface area (Å²) in [5, 5.41) is 3.19. The maximum absolute atomic E-state index is 5.64. The Morgan fingerprint density at radius 3 is 3.07 bits per heavy atom. The van der Waals surface area contributed by atoms with Crippen LogP contribution in [0.15, 0.2) is 29.3 Å². The predicted molar refractivity (Wildman–Crippen MR) is 58.2 cm³/mol. The lowest BCUT2D eigenvalue weighted by atomic mass is 10.0. The van der Waals surface area contributed by atoms with Crippen LogP contribution in [0.2, 0.25) is 0 Å². The van der Waals surface area contributed by atoms with Crippen LogP contribution in [0.4, 0.5) is 0 Å². The van der Waals surface area contributed by atoms with Crippen LogP contribution in [-0.2, 0) is 0 Å². The molecule has 0 amide bonds. The summed E-state index contributed by atoms with van der Waals surface area (Å²) in [5.74, 6) is 0.558. The van der Waals surface area contributed by atoms with E-state index in [0.717, 1.165) is 13.0 Å². The normalized spacial score (nSPS) is 21.2. The molecule has 1 aliphatic heterocycles. The third kappa shape index (κ3) is 1.87. The van der Waals surface area contributed by atoms with Gasteiger partial charge in [-0.1, -0.05) is 29.8 Å². The maximum atomic E-state index is 5.64. The summed E-state index contributed by atoms with van der Waals surface area (Å²) in [7, 11) is 0. The largest absolute Gasteiger partial charge is 0.370 e. The molecule has 1 aromatic carbocycles. The van der Waals surface area contributed by atoms with Gasteiger partial charge in [-0.3, -0.25) is 4.99 Å². The van der Waals surface area contributed by atoms with E-state index in [1.807, 2.05) is 0 Å². The lowest BCUT2D eigenvalue weighted by Crippen LogP contribution is -2.38. The predicted octanol–water partition coefficient (Wildman–Crippen LogP) is 1.34. The Bertz CT molecular complexity index is 357. The molecule has 74 valence electrons. The van der Waals surface area contributed by atoms with E-state index in [4.69, 9.17) is 5.73 Å². The van der Waals surface area contributed by atoms with Crippen molar-refractivity contribution in [3.8, 4) is 0 Å². The minimum Gasteiger partial charge on any atom is -0.370 e. The Morgan fingerprint density at radius 1 is 1.50 bits per heavy atom. The van der Waals surface area contributed by atoms with E-state index in [-0.39, 0.29) is 0 Å². The van der Waals surface area contributed by atoms with Gasteiger partial charge in [0.15, 0.2) is 5.96 Å². The summed E-state index contributed by atoms with van der Waals surface area (Å²) in [6, 6.07) is 8.82. The van der Waals surface area contributed by atoms with Crippen molar-refractivity contribution in [2.75, 3.05) is 6.54 Å². The van der Waals surface area contributed by atoms with Crippen LogP contribution in [0.25, 0.3) is 0 Å². The molecule has 3 N–H and O–H groups in total. The molecular weight excluding hydrogens is 174 g/mol. The highest BCUT2D eigenvalue weighted by atomic mass is 15.1. The van der Waals surface area contributed by atoms with Crippen LogP contribution < -0.4 is 11.1 Å². The first-order valence-electron chi connectivity index (χ1n) is 4.89. The molecule has 0 aliphatic carbocycles. The van der Waals surface area contributed by atoms with Gasteiger partial charge in [-0.05, 0) is 18.9 Å². The van der Waals surface area contributed by atoms with Gasteiger partial charge in [-0.25, -0.2) is 0 Å². The van der Waals surface area contributed by atoms with E-state index >= 15 is 0 Å². The van der Waals surface area contributed by atoms with Crippen LogP contribution >= 0.6 is 0 Å². The molecule has 1 heterocycles. The van der Waals surface area contributed by atoms with Crippen molar-refractivity contribution in [2.24, 2.45) is 10.7 Å². The van der Waals surface area contributed by atoms with Crippen molar-refractivity contribution in [3.05, 3.63) is 35.4 Å². The fraction of sp³-hybridized carbons (Fsp3) is 0.364. The molecule has 1 aliphatic rings. The molecule has 3 nitrogen and oxygen atoms in total. The average molecular weight is 189 g/mol. The summed E-state index contributed by atoms with van der Waals surface area (Å²) < 4.78 is 0. The van der Waals surface area contributed by atoms with Gasteiger partial charge in [0.2, 0.25) is 0 Å². The van der Waals surface area contributed by atoms with E-state index in [9.17, 15) is 0 Å². The van der Waals surface area contributed by atoms with Crippen molar-refractivity contribution in [1.29, 1.82) is 0 Å². The lowest BCUT2D eigenvalue weighted by molar-refractivity contribution is 0.568. The molecule has 0 spiro atoms. The summed E-state index contributed by atoms with van der Waals surface area (Å²) in [6.07, 6.45) is 1.02. The van der Waals surface area contributed by atoms with E-state index < -0.39 is 0 Å². The van der Waals surface area contributed by atoms with Gasteiger partial charge in [-0.15, -0.1) is 0 Å². The second kappa shape index (κ2) is 3.70. The van der Waals surface area contributed by atoms with Gasteiger partial charge in [0.25, 0.3) is 0 Å². The van der Waals surface area contributed by atoms with Crippen molar-refractivity contribution < 1.29 is 0 Å².